The fraction of sp³-hybridized carbons (Fsp3) is 0.167. The lowest BCUT2D eigenvalue weighted by Gasteiger charge is -2.22. The van der Waals surface area contributed by atoms with Crippen LogP contribution < -0.4 is 4.90 Å². The third kappa shape index (κ3) is 4.21. The Balaban J connectivity index is 2.27. The van der Waals surface area contributed by atoms with Crippen LogP contribution in [0.4, 0.5) is 5.69 Å². The average molecular weight is 281 g/mol. The Kier molecular flexibility index (Phi) is 4.77. The summed E-state index contributed by atoms with van der Waals surface area (Å²) in [6.07, 6.45) is 2.82. The third-order valence-corrected chi connectivity index (χ3v) is 3.26. The third-order valence-electron chi connectivity index (χ3n) is 3.26. The molecule has 1 N–H and O–H groups in total. The van der Waals surface area contributed by atoms with Crippen molar-refractivity contribution in [3.8, 4) is 0 Å². The predicted octanol–water partition coefficient (Wildman–Crippen LogP) is 3.73. The van der Waals surface area contributed by atoms with Crippen LogP contribution in [0.1, 0.15) is 16.7 Å². The van der Waals surface area contributed by atoms with E-state index in [1.807, 2.05) is 50.4 Å². The molecule has 0 aromatic heterocycles. The monoisotopic (exact) mass is 281 g/mol. The van der Waals surface area contributed by atoms with Crippen molar-refractivity contribution in [2.24, 2.45) is 0 Å². The summed E-state index contributed by atoms with van der Waals surface area (Å²) >= 11 is 0. The molecule has 2 aromatic carbocycles. The number of hydrogen-bond donors (Lipinski definition) is 1. The largest absolute Gasteiger partial charge is 0.478 e. The summed E-state index contributed by atoms with van der Waals surface area (Å²) in [6.45, 7) is 2.77. The van der Waals surface area contributed by atoms with Crippen LogP contribution in [0.5, 0.6) is 0 Å². The van der Waals surface area contributed by atoms with E-state index in [9.17, 15) is 4.79 Å². The van der Waals surface area contributed by atoms with Crippen molar-refractivity contribution in [3.63, 3.8) is 0 Å². The van der Waals surface area contributed by atoms with Gasteiger partial charge in [-0.05, 0) is 36.3 Å². The van der Waals surface area contributed by atoms with E-state index in [4.69, 9.17) is 5.11 Å². The van der Waals surface area contributed by atoms with Gasteiger partial charge in [-0.2, -0.15) is 0 Å². The molecule has 0 unspecified atom stereocenters. The second kappa shape index (κ2) is 6.75. The molecule has 2 rings (SSSR count). The molecule has 108 valence electrons. The normalized spacial score (nSPS) is 10.8. The van der Waals surface area contributed by atoms with E-state index >= 15 is 0 Å². The first-order valence-electron chi connectivity index (χ1n) is 6.83. The zero-order valence-electron chi connectivity index (χ0n) is 12.3. The molecule has 2 aromatic rings. The fourth-order valence-corrected chi connectivity index (χ4v) is 2.26. The second-order valence-corrected chi connectivity index (χ2v) is 5.08. The van der Waals surface area contributed by atoms with Crippen LogP contribution in [0.15, 0.2) is 54.6 Å². The van der Waals surface area contributed by atoms with Crippen molar-refractivity contribution < 1.29 is 9.90 Å². The minimum atomic E-state index is -0.937. The fourth-order valence-electron chi connectivity index (χ4n) is 2.26. The Morgan fingerprint density at radius 1 is 1.19 bits per heavy atom. The maximum atomic E-state index is 10.7. The molecule has 0 amide bonds. The molecule has 0 heterocycles. The summed E-state index contributed by atoms with van der Waals surface area (Å²) in [5, 5.41) is 8.81. The maximum Gasteiger partial charge on any atom is 0.328 e. The van der Waals surface area contributed by atoms with Gasteiger partial charge in [-0.1, -0.05) is 42.0 Å². The van der Waals surface area contributed by atoms with Gasteiger partial charge in [-0.25, -0.2) is 4.79 Å². The van der Waals surface area contributed by atoms with E-state index in [1.54, 1.807) is 6.08 Å². The molecule has 0 aliphatic rings. The lowest BCUT2D eigenvalue weighted by atomic mass is 10.1. The Morgan fingerprint density at radius 2 is 1.90 bits per heavy atom. The van der Waals surface area contributed by atoms with Crippen molar-refractivity contribution in [2.75, 3.05) is 11.9 Å². The van der Waals surface area contributed by atoms with Crippen molar-refractivity contribution >= 4 is 17.7 Å². The number of aliphatic carboxylic acids is 1. The minimum absolute atomic E-state index is 0.776. The Morgan fingerprint density at radius 3 is 2.57 bits per heavy atom. The molecule has 0 atom stereocenters. The zero-order valence-corrected chi connectivity index (χ0v) is 12.3. The van der Waals surface area contributed by atoms with Crippen LogP contribution in [-0.4, -0.2) is 18.1 Å². The van der Waals surface area contributed by atoms with Crippen molar-refractivity contribution in [2.45, 2.75) is 13.5 Å². The van der Waals surface area contributed by atoms with Gasteiger partial charge in [0.05, 0.1) is 0 Å². The number of anilines is 1. The lowest BCUT2D eigenvalue weighted by molar-refractivity contribution is -0.131. The van der Waals surface area contributed by atoms with E-state index in [-0.39, 0.29) is 0 Å². The molecule has 0 fully saturated rings. The summed E-state index contributed by atoms with van der Waals surface area (Å²) in [7, 11) is 2.01. The summed E-state index contributed by atoms with van der Waals surface area (Å²) in [5.41, 5.74) is 4.25. The van der Waals surface area contributed by atoms with E-state index in [0.717, 1.165) is 23.4 Å². The van der Waals surface area contributed by atoms with Gasteiger partial charge in [0.1, 0.15) is 0 Å². The molecule has 0 radical (unpaired) electrons. The second-order valence-electron chi connectivity index (χ2n) is 5.08. The summed E-state index contributed by atoms with van der Waals surface area (Å²) in [6, 6.07) is 16.3. The first-order valence-corrected chi connectivity index (χ1v) is 6.83. The molecular weight excluding hydrogens is 262 g/mol. The topological polar surface area (TPSA) is 40.5 Å². The van der Waals surface area contributed by atoms with Crippen LogP contribution in [0.2, 0.25) is 0 Å². The number of rotatable bonds is 5. The van der Waals surface area contributed by atoms with Crippen molar-refractivity contribution in [3.05, 3.63) is 71.3 Å². The van der Waals surface area contributed by atoms with E-state index in [2.05, 4.69) is 17.0 Å². The number of carbonyl (C=O) groups is 1. The van der Waals surface area contributed by atoms with Gasteiger partial charge >= 0.3 is 5.97 Å². The minimum Gasteiger partial charge on any atom is -0.478 e. The van der Waals surface area contributed by atoms with Crippen LogP contribution in [0.25, 0.3) is 6.08 Å². The number of nitrogens with zero attached hydrogens (tertiary/aromatic N) is 1. The van der Waals surface area contributed by atoms with Gasteiger partial charge in [-0.3, -0.25) is 0 Å². The van der Waals surface area contributed by atoms with Gasteiger partial charge in [0.25, 0.3) is 0 Å². The van der Waals surface area contributed by atoms with Crippen LogP contribution in [-0.2, 0) is 11.3 Å². The van der Waals surface area contributed by atoms with Crippen LogP contribution >= 0.6 is 0 Å². The van der Waals surface area contributed by atoms with Crippen molar-refractivity contribution in [1.82, 2.24) is 0 Å². The summed E-state index contributed by atoms with van der Waals surface area (Å²) in [5.74, 6) is -0.937. The van der Waals surface area contributed by atoms with Crippen LogP contribution in [0.3, 0.4) is 0 Å². The number of carboxylic acids is 1. The molecule has 21 heavy (non-hydrogen) atoms. The highest BCUT2D eigenvalue weighted by Gasteiger charge is 2.07. The molecule has 0 saturated carbocycles. The molecule has 0 aliphatic carbocycles. The highest BCUT2D eigenvalue weighted by molar-refractivity contribution is 5.87. The molecule has 0 aliphatic heterocycles. The molecule has 0 saturated heterocycles. The lowest BCUT2D eigenvalue weighted by Crippen LogP contribution is -2.17. The first-order chi connectivity index (χ1) is 10.1. The van der Waals surface area contributed by atoms with E-state index in [1.165, 1.54) is 11.6 Å². The van der Waals surface area contributed by atoms with E-state index < -0.39 is 5.97 Å². The van der Waals surface area contributed by atoms with Crippen molar-refractivity contribution in [1.29, 1.82) is 0 Å². The standard InChI is InChI=1S/C18H19NO2/c1-14-8-10-17(16(12-14)9-11-18(20)21)19(2)13-15-6-4-3-5-7-15/h3-12H,13H2,1-2H3,(H,20,21)/b11-9+. The molecule has 0 spiro atoms. The predicted molar refractivity (Wildman–Crippen MR) is 86.4 cm³/mol. The molecule has 3 nitrogen and oxygen atoms in total. The summed E-state index contributed by atoms with van der Waals surface area (Å²) < 4.78 is 0. The highest BCUT2D eigenvalue weighted by Crippen LogP contribution is 2.24. The van der Waals surface area contributed by atoms with Gasteiger partial charge in [0.2, 0.25) is 0 Å². The number of benzene rings is 2. The van der Waals surface area contributed by atoms with E-state index in [0.29, 0.717) is 0 Å². The molecular formula is C18H19NO2. The number of aryl methyl sites for hydroxylation is 1. The maximum absolute atomic E-state index is 10.7. The Labute approximate surface area is 125 Å². The molecule has 3 heteroatoms. The van der Waals surface area contributed by atoms with Gasteiger partial charge < -0.3 is 10.0 Å². The smallest absolute Gasteiger partial charge is 0.328 e. The van der Waals surface area contributed by atoms with Gasteiger partial charge in [0, 0.05) is 25.4 Å². The summed E-state index contributed by atoms with van der Waals surface area (Å²) in [4.78, 5) is 12.9. The SMILES string of the molecule is Cc1ccc(N(C)Cc2ccccc2)c(/C=C/C(=O)O)c1. The Bertz CT molecular complexity index is 648. The molecule has 0 bridgehead atoms. The zero-order chi connectivity index (χ0) is 15.2. The quantitative estimate of drug-likeness (QED) is 0.849. The highest BCUT2D eigenvalue weighted by atomic mass is 16.4. The number of carboxylic acid groups (broad SMARTS) is 1. The van der Waals surface area contributed by atoms with Gasteiger partial charge in [-0.15, -0.1) is 0 Å². The van der Waals surface area contributed by atoms with Gasteiger partial charge in [0.15, 0.2) is 0 Å². The van der Waals surface area contributed by atoms with Crippen LogP contribution in [0, 0.1) is 6.92 Å². The Hall–Kier alpha value is -2.55. The number of hydrogen-bond acceptors (Lipinski definition) is 2. The average Bonchev–Trinajstić information content (AvgIpc) is 2.46. The first kappa shape index (κ1) is 14.9.